The molecule has 0 bridgehead atoms. The molecule has 0 aromatic heterocycles. The van der Waals surface area contributed by atoms with E-state index in [2.05, 4.69) is 0 Å². The van der Waals surface area contributed by atoms with Crippen molar-refractivity contribution in [3.05, 3.63) is 34.9 Å². The summed E-state index contributed by atoms with van der Waals surface area (Å²) in [6, 6.07) is 5.89. The minimum absolute atomic E-state index is 0.0739. The highest BCUT2D eigenvalue weighted by molar-refractivity contribution is 8.68. The van der Waals surface area contributed by atoms with Gasteiger partial charge in [-0.25, -0.2) is 0 Å². The number of rotatable bonds is 8. The second-order valence-corrected chi connectivity index (χ2v) is 10.6. The number of carbonyl (C=O) groups excluding carboxylic acids is 1. The Hall–Kier alpha value is -0.190. The summed E-state index contributed by atoms with van der Waals surface area (Å²) >= 11 is 6.73. The molecule has 0 saturated heterocycles. The minimum Gasteiger partial charge on any atom is -0.322 e. The Balaban J connectivity index is 2.75. The van der Waals surface area contributed by atoms with Crippen LogP contribution >= 0.6 is 17.1 Å². The Kier molecular flexibility index (Phi) is 7.41. The molecule has 0 heterocycles. The zero-order chi connectivity index (χ0) is 15.2. The van der Waals surface area contributed by atoms with E-state index in [0.717, 1.165) is 16.7 Å². The van der Waals surface area contributed by atoms with E-state index < -0.39 is 5.69 Å². The first-order valence-corrected chi connectivity index (χ1v) is 10.8. The molecule has 0 aliphatic rings. The summed E-state index contributed by atoms with van der Waals surface area (Å²) in [7, 11) is 0. The van der Waals surface area contributed by atoms with Crippen molar-refractivity contribution >= 4 is 34.7 Å². The molecule has 3 nitrogen and oxygen atoms in total. The first-order chi connectivity index (χ1) is 9.41. The van der Waals surface area contributed by atoms with Crippen LogP contribution in [0.5, 0.6) is 0 Å². The molecule has 0 N–H and O–H groups in total. The van der Waals surface area contributed by atoms with Gasteiger partial charge in [0, 0.05) is 5.56 Å². The average molecular weight is 332 g/mol. The fraction of sp³-hybridized carbons (Fsp3) is 0.500. The lowest BCUT2D eigenvalue weighted by Gasteiger charge is -2.19. The van der Waals surface area contributed by atoms with Crippen LogP contribution in [0.3, 0.4) is 0 Å². The molecule has 0 aliphatic heterocycles. The van der Waals surface area contributed by atoms with Gasteiger partial charge in [-0.05, 0) is 51.1 Å². The lowest BCUT2D eigenvalue weighted by atomic mass is 10.0. The van der Waals surface area contributed by atoms with E-state index in [1.54, 1.807) is 0 Å². The maximum Gasteiger partial charge on any atom is 0.247 e. The molecule has 112 valence electrons. The highest BCUT2D eigenvalue weighted by Gasteiger charge is 2.21. The lowest BCUT2D eigenvalue weighted by Crippen LogP contribution is -2.06. The smallest absolute Gasteiger partial charge is 0.247 e. The zero-order valence-corrected chi connectivity index (χ0v) is 14.9. The predicted molar refractivity (Wildman–Crippen MR) is 90.2 cm³/mol. The van der Waals surface area contributed by atoms with Crippen molar-refractivity contribution in [1.29, 1.82) is 0 Å². The van der Waals surface area contributed by atoms with Crippen molar-refractivity contribution in [2.75, 3.05) is 19.0 Å². The van der Waals surface area contributed by atoms with Gasteiger partial charge >= 0.3 is 0 Å². The van der Waals surface area contributed by atoms with Gasteiger partial charge in [-0.15, -0.1) is 0 Å². The predicted octanol–water partition coefficient (Wildman–Crippen LogP) is 4.52. The molecule has 1 aromatic carbocycles. The summed E-state index contributed by atoms with van der Waals surface area (Å²) in [6.45, 7) is 8.69. The molecule has 0 unspecified atom stereocenters. The fourth-order valence-corrected chi connectivity index (χ4v) is 5.98. The summed E-state index contributed by atoms with van der Waals surface area (Å²) in [5.74, 6) is 0.367. The summed E-state index contributed by atoms with van der Waals surface area (Å²) in [4.78, 5) is 12.3. The maximum atomic E-state index is 12.3. The molecule has 6 heteroatoms. The van der Waals surface area contributed by atoms with Gasteiger partial charge in [0.05, 0.1) is 19.0 Å². The number of aryl methyl sites for hydroxylation is 2. The first-order valence-electron chi connectivity index (χ1n) is 6.56. The number of benzene rings is 1. The van der Waals surface area contributed by atoms with Crippen LogP contribution in [-0.4, -0.2) is 24.7 Å². The lowest BCUT2D eigenvalue weighted by molar-refractivity contribution is 0.102. The second kappa shape index (κ2) is 8.30. The molecule has 0 radical (unpaired) electrons. The topological polar surface area (TPSA) is 35.5 Å². The Labute approximate surface area is 130 Å². The van der Waals surface area contributed by atoms with Crippen molar-refractivity contribution in [2.24, 2.45) is 0 Å². The van der Waals surface area contributed by atoms with Crippen LogP contribution in [0.15, 0.2) is 18.2 Å². The molecular weight excluding hydrogens is 311 g/mol. The highest BCUT2D eigenvalue weighted by Crippen LogP contribution is 2.60. The Bertz CT molecular complexity index is 507. The molecule has 0 spiro atoms. The third-order valence-electron chi connectivity index (χ3n) is 2.62. The van der Waals surface area contributed by atoms with Crippen LogP contribution in [0, 0.1) is 13.8 Å². The number of Topliss-reactive ketones (excluding diaryl/α,β-unsaturated/α-hetero) is 1. The van der Waals surface area contributed by atoms with Crippen LogP contribution < -0.4 is 0 Å². The van der Waals surface area contributed by atoms with Gasteiger partial charge in [0.2, 0.25) is 5.69 Å². The Morgan fingerprint density at radius 1 is 1.25 bits per heavy atom. The van der Waals surface area contributed by atoms with Gasteiger partial charge in [0.15, 0.2) is 5.78 Å². The van der Waals surface area contributed by atoms with E-state index >= 15 is 0 Å². The first kappa shape index (κ1) is 17.9. The van der Waals surface area contributed by atoms with E-state index in [1.807, 2.05) is 45.9 Å². The van der Waals surface area contributed by atoms with Crippen molar-refractivity contribution in [2.45, 2.75) is 27.7 Å². The van der Waals surface area contributed by atoms with Gasteiger partial charge in [-0.1, -0.05) is 29.1 Å². The van der Waals surface area contributed by atoms with Crippen molar-refractivity contribution in [3.8, 4) is 0 Å². The van der Waals surface area contributed by atoms with E-state index in [4.69, 9.17) is 20.9 Å². The molecule has 0 aliphatic carbocycles. The van der Waals surface area contributed by atoms with E-state index in [0.29, 0.717) is 19.0 Å². The Morgan fingerprint density at radius 2 is 1.85 bits per heavy atom. The Morgan fingerprint density at radius 3 is 2.40 bits per heavy atom. The third kappa shape index (κ3) is 5.30. The van der Waals surface area contributed by atoms with Crippen molar-refractivity contribution in [3.63, 3.8) is 0 Å². The largest absolute Gasteiger partial charge is 0.322 e. The third-order valence-corrected chi connectivity index (χ3v) is 8.03. The monoisotopic (exact) mass is 332 g/mol. The van der Waals surface area contributed by atoms with Crippen LogP contribution in [-0.2, 0) is 20.9 Å². The summed E-state index contributed by atoms with van der Waals surface area (Å²) in [5, 5.41) is 0. The molecule has 1 aromatic rings. The molecular formula is C14H21O3PS2. The molecule has 1 rings (SSSR count). The standard InChI is InChI=1S/C14H21O3PS2/c1-5-16-18(19,17-6-2)20-10-14(15)13-9-11(3)7-8-12(13)4/h7-9H,5-6,10H2,1-4H3. The van der Waals surface area contributed by atoms with Crippen LogP contribution in [0.2, 0.25) is 0 Å². The SMILES string of the molecule is CCOP(=S)(OCC)SCC(=O)c1cc(C)ccc1C. The van der Waals surface area contributed by atoms with Crippen LogP contribution in [0.4, 0.5) is 0 Å². The summed E-state index contributed by atoms with van der Waals surface area (Å²) in [6.07, 6.45) is 0. The van der Waals surface area contributed by atoms with Crippen LogP contribution in [0.25, 0.3) is 0 Å². The van der Waals surface area contributed by atoms with E-state index in [-0.39, 0.29) is 5.78 Å². The minimum atomic E-state index is -2.39. The fourth-order valence-electron chi connectivity index (χ4n) is 1.68. The molecule has 0 saturated carbocycles. The van der Waals surface area contributed by atoms with Crippen molar-refractivity contribution < 1.29 is 13.8 Å². The van der Waals surface area contributed by atoms with Crippen LogP contribution in [0.1, 0.15) is 35.3 Å². The molecule has 0 atom stereocenters. The van der Waals surface area contributed by atoms with Gasteiger partial charge < -0.3 is 9.05 Å². The number of hydrogen-bond acceptors (Lipinski definition) is 5. The second-order valence-electron chi connectivity index (χ2n) is 4.30. The quantitative estimate of drug-likeness (QED) is 0.517. The number of ketones is 1. The summed E-state index contributed by atoms with van der Waals surface area (Å²) < 4.78 is 11.0. The zero-order valence-electron chi connectivity index (χ0n) is 12.3. The normalized spacial score (nSPS) is 11.6. The molecule has 0 amide bonds. The highest BCUT2D eigenvalue weighted by atomic mass is 32.9. The van der Waals surface area contributed by atoms with Gasteiger partial charge in [-0.2, -0.15) is 0 Å². The number of carbonyl (C=O) groups is 1. The van der Waals surface area contributed by atoms with E-state index in [1.165, 1.54) is 11.4 Å². The van der Waals surface area contributed by atoms with Crippen molar-refractivity contribution in [1.82, 2.24) is 0 Å². The molecule has 20 heavy (non-hydrogen) atoms. The van der Waals surface area contributed by atoms with Gasteiger partial charge in [-0.3, -0.25) is 4.79 Å². The van der Waals surface area contributed by atoms with Gasteiger partial charge in [0.1, 0.15) is 0 Å². The summed E-state index contributed by atoms with van der Waals surface area (Å²) in [5.41, 5.74) is 0.435. The average Bonchev–Trinajstić information content (AvgIpc) is 2.39. The number of hydrogen-bond donors (Lipinski definition) is 0. The maximum absolute atomic E-state index is 12.3. The van der Waals surface area contributed by atoms with Gasteiger partial charge in [0.25, 0.3) is 0 Å². The molecule has 0 fully saturated rings. The van der Waals surface area contributed by atoms with E-state index in [9.17, 15) is 4.79 Å².